The second-order valence-electron chi connectivity index (χ2n) is 7.06. The third-order valence-electron chi connectivity index (χ3n) is 5.73. The van der Waals surface area contributed by atoms with Crippen molar-refractivity contribution in [3.8, 4) is 0 Å². The van der Waals surface area contributed by atoms with Crippen LogP contribution >= 0.6 is 0 Å². The summed E-state index contributed by atoms with van der Waals surface area (Å²) in [4.78, 5) is 0.394. The van der Waals surface area contributed by atoms with E-state index in [4.69, 9.17) is 9.47 Å². The van der Waals surface area contributed by atoms with Crippen LogP contribution in [0, 0.1) is 5.41 Å². The minimum Gasteiger partial charge on any atom is -0.347 e. The Labute approximate surface area is 145 Å². The molecular formula is C19H28O4S. The first kappa shape index (κ1) is 17.9. The van der Waals surface area contributed by atoms with Gasteiger partial charge in [0.1, 0.15) is 0 Å². The Hall–Kier alpha value is -0.910. The van der Waals surface area contributed by atoms with Crippen LogP contribution in [0.1, 0.15) is 52.4 Å². The van der Waals surface area contributed by atoms with E-state index in [1.54, 1.807) is 24.3 Å². The van der Waals surface area contributed by atoms with Crippen molar-refractivity contribution in [1.29, 1.82) is 0 Å². The quantitative estimate of drug-likeness (QED) is 0.665. The molecule has 0 aromatic heterocycles. The molecule has 0 bridgehead atoms. The topological polar surface area (TPSA) is 52.6 Å². The summed E-state index contributed by atoms with van der Waals surface area (Å²) in [5, 5.41) is -0.507. The van der Waals surface area contributed by atoms with Crippen molar-refractivity contribution in [2.24, 2.45) is 5.41 Å². The van der Waals surface area contributed by atoms with Crippen LogP contribution < -0.4 is 0 Å². The van der Waals surface area contributed by atoms with Gasteiger partial charge in [-0.1, -0.05) is 38.0 Å². The van der Waals surface area contributed by atoms with Crippen LogP contribution in [0.3, 0.4) is 0 Å². The normalized spacial score (nSPS) is 23.1. The van der Waals surface area contributed by atoms with Gasteiger partial charge in [0.05, 0.1) is 23.4 Å². The number of sulfone groups is 1. The molecule has 0 N–H and O–H groups in total. The van der Waals surface area contributed by atoms with Gasteiger partial charge >= 0.3 is 0 Å². The van der Waals surface area contributed by atoms with Gasteiger partial charge in [-0.3, -0.25) is 0 Å². The van der Waals surface area contributed by atoms with Gasteiger partial charge in [-0.15, -0.1) is 0 Å². The van der Waals surface area contributed by atoms with Crippen LogP contribution in [-0.2, 0) is 19.3 Å². The molecule has 1 aliphatic carbocycles. The van der Waals surface area contributed by atoms with Gasteiger partial charge in [-0.2, -0.15) is 0 Å². The van der Waals surface area contributed by atoms with Crippen molar-refractivity contribution in [2.45, 2.75) is 68.3 Å². The van der Waals surface area contributed by atoms with Gasteiger partial charge in [-0.05, 0) is 38.3 Å². The van der Waals surface area contributed by atoms with Gasteiger partial charge in [0.2, 0.25) is 0 Å². The van der Waals surface area contributed by atoms with Crippen molar-refractivity contribution in [2.75, 3.05) is 13.2 Å². The number of hydrogen-bond donors (Lipinski definition) is 0. The molecule has 1 aromatic carbocycles. The molecule has 3 rings (SSSR count). The molecule has 0 spiro atoms. The summed E-state index contributed by atoms with van der Waals surface area (Å²) < 4.78 is 38.4. The smallest absolute Gasteiger partial charge is 0.181 e. The van der Waals surface area contributed by atoms with Gasteiger partial charge in [-0.25, -0.2) is 8.42 Å². The average Bonchev–Trinajstić information content (AvgIpc) is 3.28. The van der Waals surface area contributed by atoms with E-state index in [-0.39, 0.29) is 0 Å². The van der Waals surface area contributed by atoms with Crippen molar-refractivity contribution < 1.29 is 17.9 Å². The maximum atomic E-state index is 13.1. The van der Waals surface area contributed by atoms with Crippen molar-refractivity contribution in [3.05, 3.63) is 30.3 Å². The second kappa shape index (κ2) is 6.77. The first-order valence-electron chi connectivity index (χ1n) is 9.05. The summed E-state index contributed by atoms with van der Waals surface area (Å²) in [6.07, 6.45) is 5.75. The van der Waals surface area contributed by atoms with E-state index in [1.807, 2.05) is 13.0 Å². The predicted octanol–water partition coefficient (Wildman–Crippen LogP) is 3.95. The highest BCUT2D eigenvalue weighted by Crippen LogP contribution is 2.63. The van der Waals surface area contributed by atoms with Crippen molar-refractivity contribution in [1.82, 2.24) is 0 Å². The van der Waals surface area contributed by atoms with Crippen molar-refractivity contribution >= 4 is 9.84 Å². The molecule has 5 heteroatoms. The number of ether oxygens (including phenoxy) is 2. The third-order valence-corrected chi connectivity index (χ3v) is 8.04. The van der Waals surface area contributed by atoms with E-state index in [1.165, 1.54) is 0 Å². The largest absolute Gasteiger partial charge is 0.347 e. The number of rotatable bonds is 8. The summed E-state index contributed by atoms with van der Waals surface area (Å²) in [6, 6.07) is 8.76. The van der Waals surface area contributed by atoms with E-state index < -0.39 is 26.3 Å². The highest BCUT2D eigenvalue weighted by Gasteiger charge is 2.67. The summed E-state index contributed by atoms with van der Waals surface area (Å²) in [6.45, 7) is 5.12. The van der Waals surface area contributed by atoms with Crippen LogP contribution in [0.2, 0.25) is 0 Å². The molecule has 0 radical (unpaired) electrons. The zero-order valence-corrected chi connectivity index (χ0v) is 15.5. The summed E-state index contributed by atoms with van der Waals surface area (Å²) in [5.74, 6) is -0.719. The molecule has 1 aliphatic heterocycles. The maximum absolute atomic E-state index is 13.1. The molecule has 1 heterocycles. The Morgan fingerprint density at radius 1 is 1.08 bits per heavy atom. The van der Waals surface area contributed by atoms with Crippen LogP contribution in [0.4, 0.5) is 0 Å². The van der Waals surface area contributed by atoms with E-state index in [0.29, 0.717) is 18.1 Å². The van der Waals surface area contributed by atoms with Gasteiger partial charge in [0.25, 0.3) is 0 Å². The summed E-state index contributed by atoms with van der Waals surface area (Å²) >= 11 is 0. The predicted molar refractivity (Wildman–Crippen MR) is 93.5 cm³/mol. The SMILES string of the molecule is CCCCCC1(C2(C(C)S(=O)(=O)c3ccccc3)CC2)OCCO1. The van der Waals surface area contributed by atoms with Gasteiger partial charge < -0.3 is 9.47 Å². The molecule has 1 atom stereocenters. The van der Waals surface area contributed by atoms with Gasteiger partial charge in [0.15, 0.2) is 15.6 Å². The highest BCUT2D eigenvalue weighted by atomic mass is 32.2. The fourth-order valence-electron chi connectivity index (χ4n) is 4.09. The molecule has 134 valence electrons. The fraction of sp³-hybridized carbons (Fsp3) is 0.684. The number of unbranched alkanes of at least 4 members (excludes halogenated alkanes) is 2. The lowest BCUT2D eigenvalue weighted by Gasteiger charge is -2.39. The van der Waals surface area contributed by atoms with Crippen molar-refractivity contribution in [3.63, 3.8) is 0 Å². The standard InChI is InChI=1S/C19H28O4S/c1-3-4-8-11-19(22-14-15-23-19)18(12-13-18)16(2)24(20,21)17-9-6-5-7-10-17/h5-7,9-10,16H,3-4,8,11-15H2,1-2H3. The molecule has 0 amide bonds. The van der Waals surface area contributed by atoms with E-state index in [2.05, 4.69) is 6.92 Å². The molecular weight excluding hydrogens is 324 g/mol. The molecule has 1 aromatic rings. The number of hydrogen-bond acceptors (Lipinski definition) is 4. The Kier molecular flexibility index (Phi) is 5.05. The molecule has 1 saturated carbocycles. The lowest BCUT2D eigenvalue weighted by atomic mass is 9.87. The average molecular weight is 352 g/mol. The number of benzene rings is 1. The van der Waals surface area contributed by atoms with E-state index in [9.17, 15) is 8.42 Å². The Morgan fingerprint density at radius 2 is 1.71 bits per heavy atom. The zero-order valence-electron chi connectivity index (χ0n) is 14.7. The highest BCUT2D eigenvalue weighted by molar-refractivity contribution is 7.92. The molecule has 4 nitrogen and oxygen atoms in total. The second-order valence-corrected chi connectivity index (χ2v) is 9.33. The molecule has 1 saturated heterocycles. The third kappa shape index (κ3) is 2.91. The van der Waals surface area contributed by atoms with Gasteiger partial charge in [0, 0.05) is 11.8 Å². The zero-order chi connectivity index (χ0) is 17.3. The minimum absolute atomic E-state index is 0.394. The lowest BCUT2D eigenvalue weighted by Crippen LogP contribution is -2.49. The Morgan fingerprint density at radius 3 is 2.25 bits per heavy atom. The van der Waals surface area contributed by atoms with Crippen LogP contribution in [-0.4, -0.2) is 32.7 Å². The lowest BCUT2D eigenvalue weighted by molar-refractivity contribution is -0.211. The maximum Gasteiger partial charge on any atom is 0.181 e. The molecule has 1 unspecified atom stereocenters. The summed E-state index contributed by atoms with van der Waals surface area (Å²) in [7, 11) is -3.40. The van der Waals surface area contributed by atoms with Crippen LogP contribution in [0.5, 0.6) is 0 Å². The molecule has 2 fully saturated rings. The first-order valence-corrected chi connectivity index (χ1v) is 10.6. The van der Waals surface area contributed by atoms with E-state index >= 15 is 0 Å². The minimum atomic E-state index is -3.40. The Bertz CT molecular complexity index is 643. The fourth-order valence-corrected chi connectivity index (χ4v) is 6.04. The van der Waals surface area contributed by atoms with Crippen LogP contribution in [0.15, 0.2) is 35.2 Å². The Balaban J connectivity index is 1.88. The van der Waals surface area contributed by atoms with Crippen LogP contribution in [0.25, 0.3) is 0 Å². The first-order chi connectivity index (χ1) is 11.5. The molecule has 24 heavy (non-hydrogen) atoms. The summed E-state index contributed by atoms with van der Waals surface area (Å²) in [5.41, 5.74) is -0.411. The monoisotopic (exact) mass is 352 g/mol. The molecule has 2 aliphatic rings. The van der Waals surface area contributed by atoms with E-state index in [0.717, 1.165) is 38.5 Å².